The number of amides is 1. The zero-order valence-corrected chi connectivity index (χ0v) is 27.1. The Bertz CT molecular complexity index is 1310. The summed E-state index contributed by atoms with van der Waals surface area (Å²) >= 11 is 0. The molecule has 2 aromatic heterocycles. The summed E-state index contributed by atoms with van der Waals surface area (Å²) in [5.41, 5.74) is 5.64. The van der Waals surface area contributed by atoms with Gasteiger partial charge in [-0.2, -0.15) is 18.3 Å². The van der Waals surface area contributed by atoms with Gasteiger partial charge in [0.2, 0.25) is 11.9 Å². The van der Waals surface area contributed by atoms with Gasteiger partial charge in [0.1, 0.15) is 11.8 Å². The molecule has 46 heavy (non-hydrogen) atoms. The van der Waals surface area contributed by atoms with Crippen molar-refractivity contribution in [2.75, 3.05) is 32.2 Å². The smallest absolute Gasteiger partial charge is 0.381 e. The summed E-state index contributed by atoms with van der Waals surface area (Å²) in [5, 5.41) is 9.59. The molecule has 0 aromatic carbocycles. The number of aromatic nitrogens is 4. The Hall–Kier alpha value is -3.30. The number of morpholine rings is 1. The molecule has 15 heteroatoms. The van der Waals surface area contributed by atoms with Crippen LogP contribution in [0.5, 0.6) is 0 Å². The molecule has 5 atom stereocenters. The van der Waals surface area contributed by atoms with Crippen LogP contribution in [-0.4, -0.2) is 88.6 Å². The van der Waals surface area contributed by atoms with E-state index in [1.807, 2.05) is 20.2 Å². The highest BCUT2D eigenvalue weighted by Crippen LogP contribution is 2.32. The fraction of sp³-hybridized carbons (Fsp3) is 0.710. The topological polar surface area (TPSA) is 137 Å². The first-order valence-corrected chi connectivity index (χ1v) is 16.2. The highest BCUT2D eigenvalue weighted by atomic mass is 19.4. The molecule has 256 valence electrons. The number of nitrogens with zero attached hydrogens (tertiary/aromatic N) is 5. The Kier molecular flexibility index (Phi) is 12.8. The fourth-order valence-electron chi connectivity index (χ4n) is 5.91. The van der Waals surface area contributed by atoms with E-state index in [1.54, 1.807) is 21.6 Å². The number of halogens is 3. The van der Waals surface area contributed by atoms with Crippen LogP contribution in [0.3, 0.4) is 0 Å². The average Bonchev–Trinajstić information content (AvgIpc) is 3.70. The molecule has 2 fully saturated rings. The molecule has 12 nitrogen and oxygen atoms in total. The highest BCUT2D eigenvalue weighted by Gasteiger charge is 2.47. The lowest BCUT2D eigenvalue weighted by Crippen LogP contribution is -2.56. The summed E-state index contributed by atoms with van der Waals surface area (Å²) in [6.07, 6.45) is 2.35. The van der Waals surface area contributed by atoms with Gasteiger partial charge in [-0.05, 0) is 45.2 Å². The standard InChI is InChI=1S/C25H39F3N6O3.C6H8N2O/c1-4-15(2)6-5-7-17(29-3)19-14-34-24(31-19)32-22(16-8-10-36-11-9-16)18(33-34)12-20-23(35)30-13-21(37-20)25(26,27)28;1-2-8-6(5-9)3-4-7-8/h14-18,20-21,29,33H,4-13H2,1-3H3,(H,30,35);3-5H,2H2,1H3. The fourth-order valence-corrected chi connectivity index (χ4v) is 5.91. The van der Waals surface area contributed by atoms with Crippen molar-refractivity contribution >= 4 is 23.9 Å². The molecule has 3 N–H and O–H groups in total. The van der Waals surface area contributed by atoms with Crippen LogP contribution in [-0.2, 0) is 20.8 Å². The van der Waals surface area contributed by atoms with E-state index in [1.165, 1.54) is 0 Å². The summed E-state index contributed by atoms with van der Waals surface area (Å²) in [7, 11) is 1.91. The molecule has 3 aliphatic rings. The molecule has 0 aliphatic carbocycles. The number of hydrogen-bond donors (Lipinski definition) is 3. The first kappa shape index (κ1) is 35.6. The molecule has 0 spiro atoms. The number of hydrogen-bond acceptors (Lipinski definition) is 9. The van der Waals surface area contributed by atoms with Crippen molar-refractivity contribution in [3.8, 4) is 0 Å². The monoisotopic (exact) mass is 652 g/mol. The zero-order chi connectivity index (χ0) is 33.3. The third-order valence-corrected chi connectivity index (χ3v) is 8.89. The zero-order valence-electron chi connectivity index (χ0n) is 27.1. The van der Waals surface area contributed by atoms with E-state index >= 15 is 0 Å². The van der Waals surface area contributed by atoms with Crippen molar-refractivity contribution in [2.45, 2.75) is 103 Å². The van der Waals surface area contributed by atoms with Crippen LogP contribution in [0.25, 0.3) is 0 Å². The number of imidazole rings is 1. The predicted octanol–water partition coefficient (Wildman–Crippen LogP) is 4.34. The number of rotatable bonds is 12. The lowest BCUT2D eigenvalue weighted by molar-refractivity contribution is -0.238. The van der Waals surface area contributed by atoms with Gasteiger partial charge in [-0.3, -0.25) is 14.3 Å². The lowest BCUT2D eigenvalue weighted by Gasteiger charge is -2.36. The maximum atomic E-state index is 13.3. The van der Waals surface area contributed by atoms with Crippen LogP contribution in [0.4, 0.5) is 19.1 Å². The Morgan fingerprint density at radius 2 is 1.98 bits per heavy atom. The van der Waals surface area contributed by atoms with Gasteiger partial charge in [0, 0.05) is 44.0 Å². The van der Waals surface area contributed by atoms with Crippen LogP contribution in [0.2, 0.25) is 0 Å². The Morgan fingerprint density at radius 3 is 2.61 bits per heavy atom. The van der Waals surface area contributed by atoms with Crippen LogP contribution < -0.4 is 16.1 Å². The van der Waals surface area contributed by atoms with Gasteiger partial charge in [-0.15, -0.1) is 0 Å². The number of aldehydes is 1. The summed E-state index contributed by atoms with van der Waals surface area (Å²) in [6, 6.07) is 1.28. The minimum absolute atomic E-state index is 0.0337. The third kappa shape index (κ3) is 9.16. The van der Waals surface area contributed by atoms with E-state index in [2.05, 4.69) is 35.0 Å². The Morgan fingerprint density at radius 1 is 1.22 bits per heavy atom. The molecular formula is C31H47F3N8O4. The van der Waals surface area contributed by atoms with Crippen LogP contribution in [0.1, 0.15) is 87.9 Å². The number of carbonyl (C=O) groups excluding carboxylic acids is 2. The van der Waals surface area contributed by atoms with Gasteiger partial charge in [0.15, 0.2) is 12.4 Å². The normalized spacial score (nSPS) is 23.2. The average molecular weight is 653 g/mol. The van der Waals surface area contributed by atoms with E-state index in [0.29, 0.717) is 30.8 Å². The number of carbonyl (C=O) groups is 2. The minimum atomic E-state index is -4.55. The van der Waals surface area contributed by atoms with Gasteiger partial charge >= 0.3 is 6.18 Å². The molecule has 5 rings (SSSR count). The van der Waals surface area contributed by atoms with Gasteiger partial charge in [-0.1, -0.05) is 33.1 Å². The van der Waals surface area contributed by atoms with E-state index in [0.717, 1.165) is 62.8 Å². The summed E-state index contributed by atoms with van der Waals surface area (Å²) in [6.45, 7) is 7.75. The van der Waals surface area contributed by atoms with E-state index in [9.17, 15) is 22.8 Å². The molecular weight excluding hydrogens is 605 g/mol. The highest BCUT2D eigenvalue weighted by molar-refractivity contribution is 5.96. The Labute approximate surface area is 267 Å². The number of aryl methyl sites for hydroxylation is 1. The van der Waals surface area contributed by atoms with Crippen molar-refractivity contribution in [1.82, 2.24) is 30.1 Å². The summed E-state index contributed by atoms with van der Waals surface area (Å²) in [4.78, 5) is 32.3. The second-order valence-corrected chi connectivity index (χ2v) is 12.1. The SMILES string of the molecule is CCC(C)CCCC(NC)c1cn2c(n1)N=C(C1CCOCC1)C(CC1OC(C(F)(F)F)CNC1=O)N2.CCn1nccc1C=O. The molecule has 0 bridgehead atoms. The molecule has 5 heterocycles. The van der Waals surface area contributed by atoms with E-state index in [-0.39, 0.29) is 18.4 Å². The van der Waals surface area contributed by atoms with Crippen LogP contribution in [0.15, 0.2) is 23.5 Å². The van der Waals surface area contributed by atoms with Crippen molar-refractivity contribution in [3.05, 3.63) is 29.8 Å². The van der Waals surface area contributed by atoms with Crippen LogP contribution >= 0.6 is 0 Å². The number of alkyl halides is 3. The molecule has 2 aromatic rings. The molecule has 2 saturated heterocycles. The largest absolute Gasteiger partial charge is 0.416 e. The summed E-state index contributed by atoms with van der Waals surface area (Å²) in [5.74, 6) is 0.734. The first-order valence-electron chi connectivity index (χ1n) is 16.2. The minimum Gasteiger partial charge on any atom is -0.381 e. The van der Waals surface area contributed by atoms with Gasteiger partial charge in [0.05, 0.1) is 30.5 Å². The van der Waals surface area contributed by atoms with Gasteiger partial charge in [-0.25, -0.2) is 14.7 Å². The third-order valence-electron chi connectivity index (χ3n) is 8.89. The maximum absolute atomic E-state index is 13.3. The lowest BCUT2D eigenvalue weighted by atomic mass is 9.87. The van der Waals surface area contributed by atoms with E-state index < -0.39 is 36.9 Å². The van der Waals surface area contributed by atoms with Gasteiger partial charge < -0.3 is 25.5 Å². The van der Waals surface area contributed by atoms with Crippen molar-refractivity contribution in [2.24, 2.45) is 16.8 Å². The molecule has 0 saturated carbocycles. The van der Waals surface area contributed by atoms with Crippen molar-refractivity contribution < 1.29 is 32.2 Å². The van der Waals surface area contributed by atoms with Crippen LogP contribution in [0, 0.1) is 11.8 Å². The van der Waals surface area contributed by atoms with Crippen molar-refractivity contribution in [3.63, 3.8) is 0 Å². The Balaban J connectivity index is 0.000000459. The van der Waals surface area contributed by atoms with Crippen molar-refractivity contribution in [1.29, 1.82) is 0 Å². The number of nitrogens with one attached hydrogen (secondary N) is 3. The molecule has 1 amide bonds. The molecule has 0 radical (unpaired) electrons. The van der Waals surface area contributed by atoms with E-state index in [4.69, 9.17) is 19.5 Å². The first-order chi connectivity index (χ1) is 22.1. The second-order valence-electron chi connectivity index (χ2n) is 12.1. The predicted molar refractivity (Wildman–Crippen MR) is 167 cm³/mol. The number of aliphatic imine (C=N–C) groups is 1. The maximum Gasteiger partial charge on any atom is 0.416 e. The number of ether oxygens (including phenoxy) is 2. The molecule has 5 unspecified atom stereocenters. The quantitative estimate of drug-likeness (QED) is 0.288. The number of fused-ring (bicyclic) bond motifs is 1. The molecule has 3 aliphatic heterocycles. The van der Waals surface area contributed by atoms with Gasteiger partial charge in [0.25, 0.3) is 0 Å². The summed E-state index contributed by atoms with van der Waals surface area (Å²) < 4.78 is 54.0. The second kappa shape index (κ2) is 16.5.